The van der Waals surface area contributed by atoms with Gasteiger partial charge in [-0.25, -0.2) is 0 Å². The molecule has 0 spiro atoms. The highest BCUT2D eigenvalue weighted by Gasteiger charge is 2.36. The third-order valence-corrected chi connectivity index (χ3v) is 5.17. The molecule has 0 amide bonds. The molecule has 82 valence electrons. The molecular weight excluding hydrogens is 204 g/mol. The first-order valence-electron chi connectivity index (χ1n) is 5.61. The van der Waals surface area contributed by atoms with Crippen molar-refractivity contribution in [1.29, 1.82) is 0 Å². The van der Waals surface area contributed by atoms with Gasteiger partial charge in [0.2, 0.25) is 0 Å². The zero-order valence-electron chi connectivity index (χ0n) is 9.45. The summed E-state index contributed by atoms with van der Waals surface area (Å²) in [5, 5.41) is 0. The lowest BCUT2D eigenvalue weighted by molar-refractivity contribution is -0.117. The molecule has 15 heavy (non-hydrogen) atoms. The maximum absolute atomic E-state index is 11.2. The van der Waals surface area contributed by atoms with Crippen molar-refractivity contribution in [2.45, 2.75) is 37.9 Å². The predicted octanol–water partition coefficient (Wildman–Crippen LogP) is 3.36. The molecule has 1 aliphatic carbocycles. The van der Waals surface area contributed by atoms with E-state index >= 15 is 0 Å². The van der Waals surface area contributed by atoms with Crippen LogP contribution in [0.1, 0.15) is 33.1 Å². The van der Waals surface area contributed by atoms with Gasteiger partial charge >= 0.3 is 0 Å². The highest BCUT2D eigenvalue weighted by atomic mass is 32.2. The van der Waals surface area contributed by atoms with Crippen molar-refractivity contribution in [3.63, 3.8) is 0 Å². The third kappa shape index (κ3) is 2.36. The summed E-state index contributed by atoms with van der Waals surface area (Å²) in [7, 11) is 0. The molecule has 0 N–H and O–H groups in total. The van der Waals surface area contributed by atoms with Crippen molar-refractivity contribution in [3.05, 3.63) is 23.8 Å². The van der Waals surface area contributed by atoms with E-state index < -0.39 is 0 Å². The van der Waals surface area contributed by atoms with Gasteiger partial charge in [-0.3, -0.25) is 4.79 Å². The van der Waals surface area contributed by atoms with E-state index in [0.29, 0.717) is 17.5 Å². The molecular formula is C13H18OS. The fraction of sp³-hybridized carbons (Fsp3) is 0.615. The van der Waals surface area contributed by atoms with Crippen LogP contribution in [-0.2, 0) is 4.79 Å². The van der Waals surface area contributed by atoms with Crippen molar-refractivity contribution in [2.24, 2.45) is 5.92 Å². The van der Waals surface area contributed by atoms with Gasteiger partial charge in [-0.2, -0.15) is 0 Å². The van der Waals surface area contributed by atoms with Gasteiger partial charge < -0.3 is 0 Å². The van der Waals surface area contributed by atoms with Gasteiger partial charge in [-0.05, 0) is 32.6 Å². The van der Waals surface area contributed by atoms with Gasteiger partial charge in [0.15, 0.2) is 0 Å². The molecule has 2 aliphatic rings. The fourth-order valence-electron chi connectivity index (χ4n) is 2.25. The van der Waals surface area contributed by atoms with Crippen molar-refractivity contribution in [3.8, 4) is 0 Å². The second kappa shape index (κ2) is 4.17. The van der Waals surface area contributed by atoms with E-state index in [4.69, 9.17) is 0 Å². The Morgan fingerprint density at radius 2 is 2.33 bits per heavy atom. The van der Waals surface area contributed by atoms with E-state index in [1.165, 1.54) is 5.57 Å². The summed E-state index contributed by atoms with van der Waals surface area (Å²) in [5.74, 6) is 1.74. The number of Topliss-reactive ketones (excluding diaryl/α,β-unsaturated/α-hetero) is 1. The number of allylic oxidation sites excluding steroid dienone is 4. The monoisotopic (exact) mass is 222 g/mol. The highest BCUT2D eigenvalue weighted by Crippen LogP contribution is 2.44. The molecule has 1 fully saturated rings. The number of ketones is 1. The molecule has 1 heterocycles. The summed E-state index contributed by atoms with van der Waals surface area (Å²) in [4.78, 5) is 11.2. The smallest absolute Gasteiger partial charge is 0.142 e. The molecule has 1 nitrogen and oxygen atoms in total. The molecule has 2 atom stereocenters. The third-order valence-electron chi connectivity index (χ3n) is 3.53. The summed E-state index contributed by atoms with van der Waals surface area (Å²) < 4.78 is 0.279. The summed E-state index contributed by atoms with van der Waals surface area (Å²) in [6.45, 7) is 4.46. The molecule has 0 radical (unpaired) electrons. The van der Waals surface area contributed by atoms with Crippen molar-refractivity contribution in [2.75, 3.05) is 5.75 Å². The van der Waals surface area contributed by atoms with E-state index in [0.717, 1.165) is 19.3 Å². The van der Waals surface area contributed by atoms with Crippen LogP contribution in [0.5, 0.6) is 0 Å². The average Bonchev–Trinajstić information content (AvgIpc) is 2.24. The van der Waals surface area contributed by atoms with E-state index in [-0.39, 0.29) is 4.75 Å². The summed E-state index contributed by atoms with van der Waals surface area (Å²) in [5.41, 5.74) is 1.37. The first-order chi connectivity index (χ1) is 7.10. The van der Waals surface area contributed by atoms with Gasteiger partial charge in [0, 0.05) is 11.2 Å². The van der Waals surface area contributed by atoms with Crippen LogP contribution in [-0.4, -0.2) is 16.3 Å². The van der Waals surface area contributed by atoms with Crippen LogP contribution in [0.25, 0.3) is 0 Å². The Hall–Kier alpha value is -0.500. The minimum absolute atomic E-state index is 0.279. The molecule has 0 bridgehead atoms. The number of rotatable bonds is 1. The van der Waals surface area contributed by atoms with Crippen molar-refractivity contribution >= 4 is 17.5 Å². The fourth-order valence-corrected chi connectivity index (χ4v) is 3.52. The van der Waals surface area contributed by atoms with Gasteiger partial charge in [-0.1, -0.05) is 23.8 Å². The number of hydrogen-bond acceptors (Lipinski definition) is 2. The summed E-state index contributed by atoms with van der Waals surface area (Å²) in [6.07, 6.45) is 9.82. The predicted molar refractivity (Wildman–Crippen MR) is 66.1 cm³/mol. The maximum atomic E-state index is 11.2. The van der Waals surface area contributed by atoms with Crippen LogP contribution >= 0.6 is 11.8 Å². The molecule has 2 rings (SSSR count). The van der Waals surface area contributed by atoms with E-state index in [1.807, 2.05) is 11.8 Å². The molecule has 2 heteroatoms. The van der Waals surface area contributed by atoms with Gasteiger partial charge in [0.05, 0.1) is 5.75 Å². The highest BCUT2D eigenvalue weighted by molar-refractivity contribution is 8.01. The Bertz CT molecular complexity index is 317. The quantitative estimate of drug-likeness (QED) is 0.676. The lowest BCUT2D eigenvalue weighted by Crippen LogP contribution is -2.35. The van der Waals surface area contributed by atoms with Crippen LogP contribution < -0.4 is 0 Å². The Labute approximate surface area is 96.0 Å². The van der Waals surface area contributed by atoms with Crippen molar-refractivity contribution in [1.82, 2.24) is 0 Å². The van der Waals surface area contributed by atoms with E-state index in [9.17, 15) is 4.79 Å². The number of hydrogen-bond donors (Lipinski definition) is 0. The topological polar surface area (TPSA) is 17.1 Å². The number of carbonyl (C=O) groups is 1. The second-order valence-corrected chi connectivity index (χ2v) is 6.30. The summed E-state index contributed by atoms with van der Waals surface area (Å²) >= 11 is 1.85. The minimum atomic E-state index is 0.279. The average molecular weight is 222 g/mol. The zero-order chi connectivity index (χ0) is 10.9. The van der Waals surface area contributed by atoms with Crippen LogP contribution in [0.2, 0.25) is 0 Å². The Kier molecular flexibility index (Phi) is 3.06. The van der Waals surface area contributed by atoms with E-state index in [2.05, 4.69) is 32.1 Å². The molecule has 1 saturated heterocycles. The number of carbonyl (C=O) groups excluding carboxylic acids is 1. The summed E-state index contributed by atoms with van der Waals surface area (Å²) in [6, 6.07) is 0. The molecule has 0 aromatic heterocycles. The van der Waals surface area contributed by atoms with Gasteiger partial charge in [0.25, 0.3) is 0 Å². The lowest BCUT2D eigenvalue weighted by atomic mass is 9.82. The molecule has 0 aromatic rings. The Morgan fingerprint density at radius 3 is 2.87 bits per heavy atom. The molecule has 1 unspecified atom stereocenters. The van der Waals surface area contributed by atoms with Gasteiger partial charge in [-0.15, -0.1) is 11.8 Å². The van der Waals surface area contributed by atoms with Gasteiger partial charge in [0.1, 0.15) is 5.78 Å². The lowest BCUT2D eigenvalue weighted by Gasteiger charge is -2.39. The first-order valence-corrected chi connectivity index (χ1v) is 6.59. The minimum Gasteiger partial charge on any atom is -0.299 e. The standard InChI is InChI=1S/C13H18OS/c1-10-3-5-11(6-4-10)13(2)8-7-12(14)9-15-13/h3-5,11H,6-9H2,1-2H3/t11?,13-/m1/s1. The SMILES string of the molecule is CC1=CCC([C@@]2(C)CCC(=O)CS2)C=C1. The molecule has 0 aromatic carbocycles. The normalized spacial score (nSPS) is 36.5. The van der Waals surface area contributed by atoms with Crippen LogP contribution in [0.15, 0.2) is 23.8 Å². The molecule has 1 aliphatic heterocycles. The second-order valence-electron chi connectivity index (χ2n) is 4.79. The Balaban J connectivity index is 2.04. The van der Waals surface area contributed by atoms with Crippen LogP contribution in [0.4, 0.5) is 0 Å². The largest absolute Gasteiger partial charge is 0.299 e. The van der Waals surface area contributed by atoms with Crippen molar-refractivity contribution < 1.29 is 4.79 Å². The molecule has 0 saturated carbocycles. The Morgan fingerprint density at radius 1 is 1.53 bits per heavy atom. The maximum Gasteiger partial charge on any atom is 0.142 e. The first kappa shape index (κ1) is 11.0. The number of thioether (sulfide) groups is 1. The van der Waals surface area contributed by atoms with Crippen LogP contribution in [0.3, 0.4) is 0 Å². The van der Waals surface area contributed by atoms with Crippen LogP contribution in [0, 0.1) is 5.92 Å². The zero-order valence-corrected chi connectivity index (χ0v) is 10.3. The van der Waals surface area contributed by atoms with E-state index in [1.54, 1.807) is 0 Å².